The minimum Gasteiger partial charge on any atom is -0.497 e. The number of nitrogens with one attached hydrogen (secondary N) is 2. The average Bonchev–Trinajstić information content (AvgIpc) is 3.27. The van der Waals surface area contributed by atoms with Crippen LogP contribution in [0.4, 0.5) is 5.69 Å². The standard InChI is InChI=1S/C23H25N3O3S/c1-28-19-9-10-21-16(13-19)12-17(22(27)25-21)14-26(15-20-8-5-11-29-20)23(30)24-18-6-3-2-4-7-18/h2-4,6-7,9-10,12-13,20H,5,8,11,14-15H2,1H3,(H,24,30)(H,25,27)/t20-/m0/s1. The highest BCUT2D eigenvalue weighted by Gasteiger charge is 2.22. The number of hydrogen-bond donors (Lipinski definition) is 2. The molecule has 0 spiro atoms. The molecule has 1 saturated heterocycles. The summed E-state index contributed by atoms with van der Waals surface area (Å²) in [6.45, 7) is 1.79. The number of thiocarbonyl (C=S) groups is 1. The number of anilines is 1. The third-order valence-corrected chi connectivity index (χ3v) is 5.61. The van der Waals surface area contributed by atoms with Gasteiger partial charge < -0.3 is 24.7 Å². The van der Waals surface area contributed by atoms with Gasteiger partial charge in [0.2, 0.25) is 0 Å². The van der Waals surface area contributed by atoms with Crippen molar-refractivity contribution in [3.05, 3.63) is 70.5 Å². The lowest BCUT2D eigenvalue weighted by molar-refractivity contribution is 0.0904. The number of rotatable bonds is 6. The van der Waals surface area contributed by atoms with Crippen LogP contribution in [0.25, 0.3) is 10.9 Å². The van der Waals surface area contributed by atoms with E-state index >= 15 is 0 Å². The molecule has 30 heavy (non-hydrogen) atoms. The van der Waals surface area contributed by atoms with Crippen molar-refractivity contribution >= 4 is 33.9 Å². The summed E-state index contributed by atoms with van der Waals surface area (Å²) in [4.78, 5) is 17.7. The van der Waals surface area contributed by atoms with Crippen LogP contribution in [0.3, 0.4) is 0 Å². The molecule has 1 aliphatic rings. The number of ether oxygens (including phenoxy) is 2. The molecule has 156 valence electrons. The Kier molecular flexibility index (Phi) is 6.30. The normalized spacial score (nSPS) is 15.8. The molecule has 3 aromatic rings. The van der Waals surface area contributed by atoms with Crippen LogP contribution in [0.15, 0.2) is 59.4 Å². The Labute approximate surface area is 180 Å². The van der Waals surface area contributed by atoms with Crippen molar-refractivity contribution in [1.82, 2.24) is 9.88 Å². The lowest BCUT2D eigenvalue weighted by Gasteiger charge is -2.28. The summed E-state index contributed by atoms with van der Waals surface area (Å²) in [5.74, 6) is 0.748. The highest BCUT2D eigenvalue weighted by Crippen LogP contribution is 2.20. The third kappa shape index (κ3) is 4.80. The Balaban J connectivity index is 1.60. The second kappa shape index (κ2) is 9.28. The first-order valence-corrected chi connectivity index (χ1v) is 10.5. The van der Waals surface area contributed by atoms with Crippen molar-refractivity contribution in [2.24, 2.45) is 0 Å². The predicted octanol–water partition coefficient (Wildman–Crippen LogP) is 3.91. The molecule has 2 aromatic carbocycles. The van der Waals surface area contributed by atoms with E-state index in [2.05, 4.69) is 10.3 Å². The monoisotopic (exact) mass is 423 g/mol. The average molecular weight is 424 g/mol. The lowest BCUT2D eigenvalue weighted by Crippen LogP contribution is -2.40. The van der Waals surface area contributed by atoms with Crippen LogP contribution >= 0.6 is 12.2 Å². The molecule has 1 aromatic heterocycles. The predicted molar refractivity (Wildman–Crippen MR) is 123 cm³/mol. The number of hydrogen-bond acceptors (Lipinski definition) is 4. The highest BCUT2D eigenvalue weighted by atomic mass is 32.1. The van der Waals surface area contributed by atoms with E-state index in [0.29, 0.717) is 23.8 Å². The van der Waals surface area contributed by atoms with E-state index in [0.717, 1.165) is 41.8 Å². The molecule has 2 heterocycles. The van der Waals surface area contributed by atoms with Crippen LogP contribution in [-0.2, 0) is 11.3 Å². The van der Waals surface area contributed by atoms with Crippen molar-refractivity contribution in [2.45, 2.75) is 25.5 Å². The Morgan fingerprint density at radius 2 is 2.10 bits per heavy atom. The molecule has 0 radical (unpaired) electrons. The molecular weight excluding hydrogens is 398 g/mol. The van der Waals surface area contributed by atoms with Gasteiger partial charge in [-0.1, -0.05) is 18.2 Å². The van der Waals surface area contributed by atoms with Crippen molar-refractivity contribution in [3.8, 4) is 5.75 Å². The summed E-state index contributed by atoms with van der Waals surface area (Å²) in [7, 11) is 1.63. The number of benzene rings is 2. The summed E-state index contributed by atoms with van der Waals surface area (Å²) >= 11 is 5.70. The zero-order chi connectivity index (χ0) is 20.9. The van der Waals surface area contributed by atoms with Gasteiger partial charge in [0.15, 0.2) is 5.11 Å². The number of aromatic nitrogens is 1. The highest BCUT2D eigenvalue weighted by molar-refractivity contribution is 7.80. The van der Waals surface area contributed by atoms with Crippen LogP contribution in [0, 0.1) is 0 Å². The number of para-hydroxylation sites is 1. The molecule has 1 fully saturated rings. The molecule has 2 N–H and O–H groups in total. The molecule has 4 rings (SSSR count). The molecule has 1 atom stereocenters. The van der Waals surface area contributed by atoms with E-state index in [4.69, 9.17) is 21.7 Å². The van der Waals surface area contributed by atoms with Crippen LogP contribution in [0.1, 0.15) is 18.4 Å². The zero-order valence-corrected chi connectivity index (χ0v) is 17.7. The van der Waals surface area contributed by atoms with Gasteiger partial charge in [-0.25, -0.2) is 0 Å². The van der Waals surface area contributed by atoms with E-state index in [1.165, 1.54) is 0 Å². The first kappa shape index (κ1) is 20.4. The van der Waals surface area contributed by atoms with Crippen LogP contribution < -0.4 is 15.6 Å². The molecule has 7 heteroatoms. The maximum absolute atomic E-state index is 12.7. The minimum atomic E-state index is -0.118. The summed E-state index contributed by atoms with van der Waals surface area (Å²) in [6.07, 6.45) is 2.16. The van der Waals surface area contributed by atoms with E-state index in [9.17, 15) is 4.79 Å². The van der Waals surface area contributed by atoms with Crippen molar-refractivity contribution < 1.29 is 9.47 Å². The second-order valence-electron chi connectivity index (χ2n) is 7.39. The fourth-order valence-electron chi connectivity index (χ4n) is 3.66. The molecule has 0 unspecified atom stereocenters. The Bertz CT molecular complexity index is 1080. The molecule has 0 bridgehead atoms. The quantitative estimate of drug-likeness (QED) is 0.586. The minimum absolute atomic E-state index is 0.111. The Morgan fingerprint density at radius 1 is 1.27 bits per heavy atom. The van der Waals surface area contributed by atoms with Gasteiger partial charge in [0.25, 0.3) is 5.56 Å². The molecule has 1 aliphatic heterocycles. The SMILES string of the molecule is COc1ccc2[nH]c(=O)c(CN(C[C@@H]3CCCO3)C(=S)Nc3ccccc3)cc2c1. The molecule has 6 nitrogen and oxygen atoms in total. The summed E-state index contributed by atoms with van der Waals surface area (Å²) in [5, 5.41) is 4.77. The topological polar surface area (TPSA) is 66.6 Å². The number of fused-ring (bicyclic) bond motifs is 1. The van der Waals surface area contributed by atoms with Crippen LogP contribution in [0.2, 0.25) is 0 Å². The van der Waals surface area contributed by atoms with Crippen molar-refractivity contribution in [3.63, 3.8) is 0 Å². The van der Waals surface area contributed by atoms with Crippen molar-refractivity contribution in [2.75, 3.05) is 25.6 Å². The Hall–Kier alpha value is -2.90. The van der Waals surface area contributed by atoms with Gasteiger partial charge in [0.1, 0.15) is 5.75 Å². The van der Waals surface area contributed by atoms with Gasteiger partial charge in [0, 0.05) is 35.3 Å². The number of methoxy groups -OCH3 is 1. The van der Waals surface area contributed by atoms with Crippen molar-refractivity contribution in [1.29, 1.82) is 0 Å². The van der Waals surface area contributed by atoms with Crippen LogP contribution in [-0.4, -0.2) is 41.4 Å². The fourth-order valence-corrected chi connectivity index (χ4v) is 3.91. The second-order valence-corrected chi connectivity index (χ2v) is 7.78. The number of pyridine rings is 1. The van der Waals surface area contributed by atoms with Gasteiger partial charge in [0.05, 0.1) is 19.8 Å². The molecule has 0 aliphatic carbocycles. The number of nitrogens with zero attached hydrogens (tertiary/aromatic N) is 1. The Morgan fingerprint density at radius 3 is 2.83 bits per heavy atom. The first-order valence-electron chi connectivity index (χ1n) is 10.0. The van der Waals surface area contributed by atoms with E-state index in [-0.39, 0.29) is 11.7 Å². The zero-order valence-electron chi connectivity index (χ0n) is 16.9. The van der Waals surface area contributed by atoms with Crippen LogP contribution in [0.5, 0.6) is 5.75 Å². The van der Waals surface area contributed by atoms with Gasteiger partial charge in [-0.15, -0.1) is 0 Å². The summed E-state index contributed by atoms with van der Waals surface area (Å²) in [6, 6.07) is 17.3. The molecular formula is C23H25N3O3S. The number of H-pyrrole nitrogens is 1. The largest absolute Gasteiger partial charge is 0.497 e. The maximum Gasteiger partial charge on any atom is 0.253 e. The smallest absolute Gasteiger partial charge is 0.253 e. The fraction of sp³-hybridized carbons (Fsp3) is 0.304. The van der Waals surface area contributed by atoms with Gasteiger partial charge >= 0.3 is 0 Å². The van der Waals surface area contributed by atoms with E-state index < -0.39 is 0 Å². The summed E-state index contributed by atoms with van der Waals surface area (Å²) in [5.41, 5.74) is 2.22. The molecule has 0 amide bonds. The van der Waals surface area contributed by atoms with E-state index in [1.54, 1.807) is 7.11 Å². The lowest BCUT2D eigenvalue weighted by atomic mass is 10.1. The number of aromatic amines is 1. The van der Waals surface area contributed by atoms with E-state index in [1.807, 2.05) is 59.5 Å². The summed E-state index contributed by atoms with van der Waals surface area (Å²) < 4.78 is 11.1. The first-order chi connectivity index (χ1) is 14.6. The van der Waals surface area contributed by atoms with Gasteiger partial charge in [-0.3, -0.25) is 4.79 Å². The third-order valence-electron chi connectivity index (χ3n) is 5.25. The van der Waals surface area contributed by atoms with Gasteiger partial charge in [-0.05, 0) is 61.5 Å². The maximum atomic E-state index is 12.7. The molecule has 0 saturated carbocycles. The van der Waals surface area contributed by atoms with Gasteiger partial charge in [-0.2, -0.15) is 0 Å².